The fraction of sp³-hybridized carbons (Fsp3) is 0.500. The molecule has 1 saturated carbocycles. The number of nitrogens with one attached hydrogen (secondary N) is 2. The van der Waals surface area contributed by atoms with Crippen molar-refractivity contribution in [3.05, 3.63) is 29.8 Å². The third-order valence-electron chi connectivity index (χ3n) is 3.49. The van der Waals surface area contributed by atoms with Crippen molar-refractivity contribution in [2.45, 2.75) is 45.1 Å². The van der Waals surface area contributed by atoms with Crippen molar-refractivity contribution in [2.24, 2.45) is 5.10 Å². The monoisotopic (exact) mass is 305 g/mol. The highest BCUT2D eigenvalue weighted by Crippen LogP contribution is 2.17. The zero-order valence-electron chi connectivity index (χ0n) is 12.5. The van der Waals surface area contributed by atoms with E-state index in [0.717, 1.165) is 11.3 Å². The van der Waals surface area contributed by atoms with Crippen LogP contribution in [0.5, 0.6) is 5.75 Å². The molecule has 0 aliphatic heterocycles. The molecule has 0 bridgehead atoms. The van der Waals surface area contributed by atoms with Gasteiger partial charge in [0.15, 0.2) is 5.11 Å². The topological polar surface area (TPSA) is 45.6 Å². The lowest BCUT2D eigenvalue weighted by atomic mass is 9.96. The molecule has 0 unspecified atom stereocenters. The number of nitrogens with zero attached hydrogens (tertiary/aromatic N) is 1. The highest BCUT2D eigenvalue weighted by molar-refractivity contribution is 7.80. The van der Waals surface area contributed by atoms with E-state index in [1.165, 1.54) is 32.1 Å². The first-order chi connectivity index (χ1) is 10.3. The van der Waals surface area contributed by atoms with Crippen LogP contribution in [-0.2, 0) is 0 Å². The Morgan fingerprint density at radius 3 is 2.95 bits per heavy atom. The van der Waals surface area contributed by atoms with Gasteiger partial charge in [-0.05, 0) is 49.7 Å². The summed E-state index contributed by atoms with van der Waals surface area (Å²) in [6.07, 6.45) is 8.05. The Balaban J connectivity index is 1.78. The maximum absolute atomic E-state index is 5.45. The number of hydrazone groups is 1. The van der Waals surface area contributed by atoms with Gasteiger partial charge in [0, 0.05) is 6.04 Å². The van der Waals surface area contributed by atoms with Crippen molar-refractivity contribution >= 4 is 23.5 Å². The quantitative estimate of drug-likeness (QED) is 0.498. The average Bonchev–Trinajstić information content (AvgIpc) is 2.49. The van der Waals surface area contributed by atoms with E-state index in [9.17, 15) is 0 Å². The van der Waals surface area contributed by atoms with Crippen LogP contribution in [0.2, 0.25) is 0 Å². The third-order valence-corrected chi connectivity index (χ3v) is 3.70. The average molecular weight is 305 g/mol. The minimum atomic E-state index is 0.496. The summed E-state index contributed by atoms with van der Waals surface area (Å²) in [5.41, 5.74) is 3.86. The van der Waals surface area contributed by atoms with Crippen LogP contribution in [0.3, 0.4) is 0 Å². The second kappa shape index (κ2) is 8.62. The van der Waals surface area contributed by atoms with Crippen LogP contribution in [0.4, 0.5) is 0 Å². The molecule has 1 aromatic carbocycles. The number of benzene rings is 1. The molecule has 0 saturated heterocycles. The van der Waals surface area contributed by atoms with Crippen LogP contribution < -0.4 is 15.5 Å². The van der Waals surface area contributed by atoms with Gasteiger partial charge in [0.2, 0.25) is 0 Å². The van der Waals surface area contributed by atoms with Gasteiger partial charge in [-0.15, -0.1) is 0 Å². The van der Waals surface area contributed by atoms with E-state index in [2.05, 4.69) is 15.8 Å². The van der Waals surface area contributed by atoms with E-state index in [-0.39, 0.29) is 0 Å². The van der Waals surface area contributed by atoms with Crippen LogP contribution in [0, 0.1) is 0 Å². The molecule has 21 heavy (non-hydrogen) atoms. The van der Waals surface area contributed by atoms with Crippen LogP contribution in [-0.4, -0.2) is 24.0 Å². The number of rotatable bonds is 5. The van der Waals surface area contributed by atoms with Crippen molar-refractivity contribution in [3.8, 4) is 5.75 Å². The number of hydrogen-bond acceptors (Lipinski definition) is 3. The van der Waals surface area contributed by atoms with Crippen molar-refractivity contribution in [1.29, 1.82) is 0 Å². The minimum Gasteiger partial charge on any atom is -0.494 e. The zero-order chi connectivity index (χ0) is 14.9. The molecular weight excluding hydrogens is 282 g/mol. The molecule has 4 nitrogen and oxygen atoms in total. The Labute approximate surface area is 132 Å². The summed E-state index contributed by atoms with van der Waals surface area (Å²) in [5, 5.41) is 8.09. The smallest absolute Gasteiger partial charge is 0.187 e. The molecule has 1 aliphatic rings. The first-order valence-electron chi connectivity index (χ1n) is 7.60. The SMILES string of the molecule is CCOc1cccc(/C=N\NC(=S)NC2CCCCC2)c1. The standard InChI is InChI=1S/C16H23N3OS/c1-2-20-15-10-6-7-13(11-15)12-17-19-16(21)18-14-8-4-3-5-9-14/h6-7,10-12,14H,2-5,8-9H2,1H3,(H2,18,19,21)/b17-12-. The van der Waals surface area contributed by atoms with Gasteiger partial charge in [0.1, 0.15) is 5.75 Å². The molecule has 0 spiro atoms. The van der Waals surface area contributed by atoms with Gasteiger partial charge in [0.25, 0.3) is 0 Å². The molecule has 1 aliphatic carbocycles. The molecular formula is C16H23N3OS. The summed E-state index contributed by atoms with van der Waals surface area (Å²) in [4.78, 5) is 0. The van der Waals surface area contributed by atoms with Crippen LogP contribution in [0.15, 0.2) is 29.4 Å². The molecule has 2 rings (SSSR count). The van der Waals surface area contributed by atoms with E-state index in [0.29, 0.717) is 17.8 Å². The molecule has 1 aromatic rings. The molecule has 5 heteroatoms. The Bertz CT molecular complexity index is 484. The van der Waals surface area contributed by atoms with Gasteiger partial charge in [0.05, 0.1) is 12.8 Å². The molecule has 0 atom stereocenters. The summed E-state index contributed by atoms with van der Waals surface area (Å²) < 4.78 is 5.45. The van der Waals surface area contributed by atoms with Gasteiger partial charge in [-0.25, -0.2) is 0 Å². The summed E-state index contributed by atoms with van der Waals surface area (Å²) in [7, 11) is 0. The fourth-order valence-corrected chi connectivity index (χ4v) is 2.70. The predicted molar refractivity (Wildman–Crippen MR) is 90.9 cm³/mol. The van der Waals surface area contributed by atoms with Crippen LogP contribution in [0.25, 0.3) is 0 Å². The van der Waals surface area contributed by atoms with Crippen LogP contribution >= 0.6 is 12.2 Å². The van der Waals surface area contributed by atoms with Crippen molar-refractivity contribution < 1.29 is 4.74 Å². The van der Waals surface area contributed by atoms with Crippen molar-refractivity contribution in [3.63, 3.8) is 0 Å². The molecule has 0 heterocycles. The second-order valence-electron chi connectivity index (χ2n) is 5.18. The van der Waals surface area contributed by atoms with Gasteiger partial charge in [-0.3, -0.25) is 5.43 Å². The Morgan fingerprint density at radius 1 is 1.38 bits per heavy atom. The predicted octanol–water partition coefficient (Wildman–Crippen LogP) is 3.22. The molecule has 0 aromatic heterocycles. The fourth-order valence-electron chi connectivity index (χ4n) is 2.48. The number of thiocarbonyl (C=S) groups is 1. The maximum atomic E-state index is 5.45. The normalized spacial score (nSPS) is 15.9. The lowest BCUT2D eigenvalue weighted by Crippen LogP contribution is -2.40. The van der Waals surface area contributed by atoms with E-state index < -0.39 is 0 Å². The van der Waals surface area contributed by atoms with Crippen molar-refractivity contribution in [2.75, 3.05) is 6.61 Å². The first-order valence-corrected chi connectivity index (χ1v) is 8.01. The lowest BCUT2D eigenvalue weighted by molar-refractivity contribution is 0.340. The van der Waals surface area contributed by atoms with Crippen molar-refractivity contribution in [1.82, 2.24) is 10.7 Å². The minimum absolute atomic E-state index is 0.496. The summed E-state index contributed by atoms with van der Waals surface area (Å²) in [6, 6.07) is 8.31. The van der Waals surface area contributed by atoms with Gasteiger partial charge in [-0.1, -0.05) is 31.4 Å². The molecule has 114 valence electrons. The lowest BCUT2D eigenvalue weighted by Gasteiger charge is -2.23. The molecule has 2 N–H and O–H groups in total. The van der Waals surface area contributed by atoms with Gasteiger partial charge >= 0.3 is 0 Å². The molecule has 0 radical (unpaired) electrons. The highest BCUT2D eigenvalue weighted by Gasteiger charge is 2.13. The number of ether oxygens (including phenoxy) is 1. The second-order valence-corrected chi connectivity index (χ2v) is 5.59. The largest absolute Gasteiger partial charge is 0.494 e. The van der Waals surface area contributed by atoms with E-state index in [1.807, 2.05) is 31.2 Å². The van der Waals surface area contributed by atoms with E-state index in [1.54, 1.807) is 6.21 Å². The molecule has 0 amide bonds. The third kappa shape index (κ3) is 5.71. The van der Waals surface area contributed by atoms with Crippen LogP contribution in [0.1, 0.15) is 44.6 Å². The first kappa shape index (κ1) is 15.8. The Kier molecular flexibility index (Phi) is 6.47. The summed E-state index contributed by atoms with van der Waals surface area (Å²) in [6.45, 7) is 2.63. The summed E-state index contributed by atoms with van der Waals surface area (Å²) in [5.74, 6) is 0.851. The van der Waals surface area contributed by atoms with Gasteiger partial charge < -0.3 is 10.1 Å². The van der Waals surface area contributed by atoms with E-state index in [4.69, 9.17) is 17.0 Å². The maximum Gasteiger partial charge on any atom is 0.187 e. The zero-order valence-corrected chi connectivity index (χ0v) is 13.3. The Hall–Kier alpha value is -1.62. The number of hydrogen-bond donors (Lipinski definition) is 2. The Morgan fingerprint density at radius 2 is 2.19 bits per heavy atom. The van der Waals surface area contributed by atoms with Gasteiger partial charge in [-0.2, -0.15) is 5.10 Å². The molecule has 1 fully saturated rings. The summed E-state index contributed by atoms with van der Waals surface area (Å²) >= 11 is 5.26. The highest BCUT2D eigenvalue weighted by atomic mass is 32.1. The van der Waals surface area contributed by atoms with E-state index >= 15 is 0 Å².